The van der Waals surface area contributed by atoms with E-state index in [4.69, 9.17) is 18.5 Å². The van der Waals surface area contributed by atoms with E-state index in [0.717, 1.165) is 32.1 Å². The minimum atomic E-state index is -4.54. The first-order valence-electron chi connectivity index (χ1n) is 25.0. The van der Waals surface area contributed by atoms with Crippen molar-refractivity contribution >= 4 is 13.8 Å². The smallest absolute Gasteiger partial charge is 0.306 e. The Kier molecular flexibility index (Phi) is 42.1. The van der Waals surface area contributed by atoms with Crippen LogP contribution in [-0.4, -0.2) is 64.1 Å². The third-order valence-electron chi connectivity index (χ3n) is 11.2. The van der Waals surface area contributed by atoms with Gasteiger partial charge in [-0.25, -0.2) is 0 Å². The van der Waals surface area contributed by atoms with Gasteiger partial charge in [0.25, 0.3) is 7.82 Å². The normalized spacial score (nSPS) is 13.6. The number of likely N-dealkylation sites (N-methyl/N-ethyl adjacent to an activating group) is 1. The highest BCUT2D eigenvalue weighted by atomic mass is 31.2. The fourth-order valence-electron chi connectivity index (χ4n) is 7.28. The van der Waals surface area contributed by atoms with E-state index in [-0.39, 0.29) is 25.8 Å². The fraction of sp³-hybridized carbons (Fsp3) is 0.939. The van der Waals surface area contributed by atoms with Gasteiger partial charge in [0.05, 0.1) is 34.0 Å². The molecule has 2 atom stereocenters. The van der Waals surface area contributed by atoms with Gasteiger partial charge in [0.2, 0.25) is 0 Å². The molecular formula is C49H98NO7P. The Morgan fingerprint density at radius 3 is 1.28 bits per heavy atom. The van der Waals surface area contributed by atoms with E-state index in [2.05, 4.69) is 13.8 Å². The molecule has 0 radical (unpaired) electrons. The summed E-state index contributed by atoms with van der Waals surface area (Å²) in [6.45, 7) is 4.79. The number of rotatable bonds is 47. The second-order valence-electron chi connectivity index (χ2n) is 18.3. The first-order valence-corrected chi connectivity index (χ1v) is 26.4. The largest absolute Gasteiger partial charge is 0.756 e. The van der Waals surface area contributed by atoms with Crippen molar-refractivity contribution in [3.63, 3.8) is 0 Å². The molecule has 0 heterocycles. The first kappa shape index (κ1) is 57.1. The van der Waals surface area contributed by atoms with Crippen LogP contribution in [0.3, 0.4) is 0 Å². The fourth-order valence-corrected chi connectivity index (χ4v) is 8.01. The van der Waals surface area contributed by atoms with E-state index in [9.17, 15) is 14.3 Å². The van der Waals surface area contributed by atoms with E-state index in [0.29, 0.717) is 17.4 Å². The van der Waals surface area contributed by atoms with Gasteiger partial charge in [0.1, 0.15) is 19.8 Å². The average Bonchev–Trinajstić information content (AvgIpc) is 3.18. The number of hydrogen-bond donors (Lipinski definition) is 0. The highest BCUT2D eigenvalue weighted by Gasteiger charge is 2.20. The molecule has 8 nitrogen and oxygen atoms in total. The predicted molar refractivity (Wildman–Crippen MR) is 245 cm³/mol. The van der Waals surface area contributed by atoms with E-state index >= 15 is 0 Å². The summed E-state index contributed by atoms with van der Waals surface area (Å²) in [6.07, 6.45) is 48.9. The number of carbonyl (C=O) groups is 1. The summed E-state index contributed by atoms with van der Waals surface area (Å²) in [6, 6.07) is 0. The lowest BCUT2D eigenvalue weighted by Gasteiger charge is -2.28. The molecule has 0 rings (SSSR count). The minimum absolute atomic E-state index is 0.0205. The molecule has 0 fully saturated rings. The number of hydrogen-bond acceptors (Lipinski definition) is 7. The first-order chi connectivity index (χ1) is 28.1. The number of quaternary nitrogens is 1. The van der Waals surface area contributed by atoms with Crippen LogP contribution in [0, 0.1) is 0 Å². The maximum absolute atomic E-state index is 12.7. The van der Waals surface area contributed by atoms with Crippen molar-refractivity contribution in [2.45, 2.75) is 251 Å². The molecule has 0 aliphatic rings. The van der Waals surface area contributed by atoms with Crippen LogP contribution in [0.1, 0.15) is 245 Å². The van der Waals surface area contributed by atoms with Crippen molar-refractivity contribution in [2.24, 2.45) is 0 Å². The van der Waals surface area contributed by atoms with Gasteiger partial charge in [0.15, 0.2) is 6.10 Å². The van der Waals surface area contributed by atoms with Crippen LogP contribution in [0.15, 0.2) is 12.3 Å². The van der Waals surface area contributed by atoms with Crippen LogP contribution in [0.4, 0.5) is 0 Å². The van der Waals surface area contributed by atoms with Crippen molar-refractivity contribution in [3.05, 3.63) is 12.3 Å². The Balaban J connectivity index is 4.17. The van der Waals surface area contributed by atoms with Crippen LogP contribution in [0.5, 0.6) is 0 Å². The Hall–Kier alpha value is -0.920. The molecule has 0 saturated carbocycles. The summed E-state index contributed by atoms with van der Waals surface area (Å²) in [4.78, 5) is 25.1. The SMILES string of the molecule is CCCCCCCCCCCCCCCCCC/C=C/OC[C@H](COP(=O)([O-])OCC[N+](C)(C)C)OC(=O)CCCCCCCCCCCCCCCCCCCC. The molecule has 0 bridgehead atoms. The van der Waals surface area contributed by atoms with Crippen molar-refractivity contribution in [3.8, 4) is 0 Å². The Labute approximate surface area is 360 Å². The van der Waals surface area contributed by atoms with Gasteiger partial charge in [-0.15, -0.1) is 0 Å². The zero-order valence-corrected chi connectivity index (χ0v) is 40.2. The van der Waals surface area contributed by atoms with Gasteiger partial charge in [0, 0.05) is 6.42 Å². The number of phosphoric acid groups is 1. The van der Waals surface area contributed by atoms with E-state index < -0.39 is 13.9 Å². The maximum Gasteiger partial charge on any atom is 0.306 e. The molecule has 0 spiro atoms. The van der Waals surface area contributed by atoms with Crippen molar-refractivity contribution in [1.29, 1.82) is 0 Å². The van der Waals surface area contributed by atoms with Crippen LogP contribution < -0.4 is 4.89 Å². The number of esters is 1. The quantitative estimate of drug-likeness (QED) is 0.0198. The Bertz CT molecular complexity index is 940. The summed E-state index contributed by atoms with van der Waals surface area (Å²) in [5.74, 6) is -0.350. The molecule has 0 aromatic rings. The summed E-state index contributed by atoms with van der Waals surface area (Å²) in [5, 5.41) is 0. The molecule has 0 N–H and O–H groups in total. The maximum atomic E-state index is 12.7. The molecule has 0 saturated heterocycles. The molecule has 0 amide bonds. The minimum Gasteiger partial charge on any atom is -0.756 e. The van der Waals surface area contributed by atoms with Crippen LogP contribution in [0.25, 0.3) is 0 Å². The molecule has 0 aliphatic carbocycles. The third kappa shape index (κ3) is 46.2. The van der Waals surface area contributed by atoms with Gasteiger partial charge in [-0.1, -0.05) is 219 Å². The summed E-state index contributed by atoms with van der Waals surface area (Å²) in [7, 11) is 1.34. The van der Waals surface area contributed by atoms with Gasteiger partial charge in [-0.3, -0.25) is 9.36 Å². The molecule has 9 heteroatoms. The Morgan fingerprint density at radius 2 is 0.897 bits per heavy atom. The predicted octanol–water partition coefficient (Wildman–Crippen LogP) is 14.7. The molecule has 1 unspecified atom stereocenters. The lowest BCUT2D eigenvalue weighted by atomic mass is 10.0. The standard InChI is InChI=1S/C49H98NO7P/c1-6-8-10-12-14-16-18-20-22-24-26-28-30-32-34-36-38-40-42-49(51)57-48(47-56-58(52,53)55-45-43-50(3,4)5)46-54-44-41-39-37-35-33-31-29-27-25-23-21-19-17-15-13-11-9-7-2/h41,44,48H,6-40,42-43,45-47H2,1-5H3/b44-41+/t48-/m1/s1. The number of phosphoric ester groups is 1. The monoisotopic (exact) mass is 844 g/mol. The third-order valence-corrected chi connectivity index (χ3v) is 12.1. The van der Waals surface area contributed by atoms with Gasteiger partial charge in [-0.05, 0) is 25.3 Å². The summed E-state index contributed by atoms with van der Waals surface area (Å²) in [5.41, 5.74) is 0. The summed E-state index contributed by atoms with van der Waals surface area (Å²) >= 11 is 0. The topological polar surface area (TPSA) is 94.1 Å². The lowest BCUT2D eigenvalue weighted by molar-refractivity contribution is -0.870. The van der Waals surface area contributed by atoms with Crippen LogP contribution in [-0.2, 0) is 27.9 Å². The van der Waals surface area contributed by atoms with Crippen molar-refractivity contribution in [1.82, 2.24) is 0 Å². The highest BCUT2D eigenvalue weighted by Crippen LogP contribution is 2.38. The number of ether oxygens (including phenoxy) is 2. The van der Waals surface area contributed by atoms with Crippen molar-refractivity contribution in [2.75, 3.05) is 47.5 Å². The molecule has 0 aromatic carbocycles. The molecule has 0 aromatic heterocycles. The lowest BCUT2D eigenvalue weighted by Crippen LogP contribution is -2.37. The van der Waals surface area contributed by atoms with Crippen molar-refractivity contribution < 1.29 is 37.3 Å². The second-order valence-corrected chi connectivity index (χ2v) is 19.7. The van der Waals surface area contributed by atoms with E-state index in [1.165, 1.54) is 193 Å². The highest BCUT2D eigenvalue weighted by molar-refractivity contribution is 7.45. The number of carbonyl (C=O) groups excluding carboxylic acids is 1. The number of nitrogens with zero attached hydrogens (tertiary/aromatic N) is 1. The van der Waals surface area contributed by atoms with Crippen LogP contribution >= 0.6 is 7.82 Å². The van der Waals surface area contributed by atoms with Gasteiger partial charge in [-0.2, -0.15) is 0 Å². The molecule has 0 aliphatic heterocycles. The zero-order valence-electron chi connectivity index (χ0n) is 39.3. The molecule has 346 valence electrons. The zero-order chi connectivity index (χ0) is 42.7. The van der Waals surface area contributed by atoms with E-state index in [1.54, 1.807) is 6.26 Å². The van der Waals surface area contributed by atoms with Gasteiger partial charge < -0.3 is 27.9 Å². The van der Waals surface area contributed by atoms with Crippen LogP contribution in [0.2, 0.25) is 0 Å². The molecular weight excluding hydrogens is 746 g/mol. The second kappa shape index (κ2) is 42.8. The molecule has 58 heavy (non-hydrogen) atoms. The Morgan fingerprint density at radius 1 is 0.534 bits per heavy atom. The number of allylic oxidation sites excluding steroid dienone is 1. The van der Waals surface area contributed by atoms with Gasteiger partial charge >= 0.3 is 5.97 Å². The average molecular weight is 844 g/mol. The number of unbranched alkanes of at least 4 members (excludes halogenated alkanes) is 33. The summed E-state index contributed by atoms with van der Waals surface area (Å²) < 4.78 is 34.5. The van der Waals surface area contributed by atoms with E-state index in [1.807, 2.05) is 27.2 Å².